The van der Waals surface area contributed by atoms with Crippen LogP contribution in [-0.4, -0.2) is 28.5 Å². The molecule has 5 nitrogen and oxygen atoms in total. The number of hydrogen-bond acceptors (Lipinski definition) is 4. The number of fused-ring (bicyclic) bond motifs is 1. The van der Waals surface area contributed by atoms with Crippen LogP contribution >= 0.6 is 0 Å². The molecular formula is C20H26N4O. The van der Waals surface area contributed by atoms with Gasteiger partial charge in [-0.3, -0.25) is 4.79 Å². The van der Waals surface area contributed by atoms with E-state index in [4.69, 9.17) is 0 Å². The van der Waals surface area contributed by atoms with E-state index < -0.39 is 0 Å². The molecule has 0 saturated heterocycles. The van der Waals surface area contributed by atoms with Crippen LogP contribution in [0.4, 0.5) is 11.5 Å². The van der Waals surface area contributed by atoms with E-state index in [0.717, 1.165) is 18.7 Å². The normalized spacial score (nSPS) is 16.2. The zero-order valence-electron chi connectivity index (χ0n) is 15.4. The number of hydrogen-bond donors (Lipinski definition) is 1. The van der Waals surface area contributed by atoms with E-state index in [0.29, 0.717) is 30.0 Å². The van der Waals surface area contributed by atoms with E-state index in [-0.39, 0.29) is 5.91 Å². The van der Waals surface area contributed by atoms with Gasteiger partial charge in [-0.15, -0.1) is 0 Å². The topological polar surface area (TPSA) is 58.1 Å². The maximum atomic E-state index is 12.5. The lowest BCUT2D eigenvalue weighted by atomic mass is 10.1. The van der Waals surface area contributed by atoms with Gasteiger partial charge in [-0.2, -0.15) is 0 Å². The highest BCUT2D eigenvalue weighted by molar-refractivity contribution is 5.93. The number of anilines is 2. The standard InChI is InChI=1S/C20H26N4O/c1-13(2)9-10-21-20(25)17-12-19(23-15(4)22-17)24-14(3)11-16-7-5-6-8-18(16)24/h5-8,12-14H,9-11H2,1-4H3,(H,21,25). The lowest BCUT2D eigenvalue weighted by Crippen LogP contribution is -2.29. The summed E-state index contributed by atoms with van der Waals surface area (Å²) in [6.07, 6.45) is 1.94. The number of para-hydroxylation sites is 1. The van der Waals surface area contributed by atoms with Crippen LogP contribution in [0.1, 0.15) is 49.1 Å². The second kappa shape index (κ2) is 7.21. The number of carbonyl (C=O) groups excluding carboxylic acids is 1. The van der Waals surface area contributed by atoms with Crippen molar-refractivity contribution in [3.05, 3.63) is 47.4 Å². The van der Waals surface area contributed by atoms with Crippen LogP contribution in [-0.2, 0) is 6.42 Å². The quantitative estimate of drug-likeness (QED) is 0.904. The molecule has 0 spiro atoms. The van der Waals surface area contributed by atoms with Crippen LogP contribution in [0.25, 0.3) is 0 Å². The summed E-state index contributed by atoms with van der Waals surface area (Å²) in [6.45, 7) is 8.97. The minimum atomic E-state index is -0.132. The van der Waals surface area contributed by atoms with Gasteiger partial charge in [0.25, 0.3) is 5.91 Å². The molecule has 1 aliphatic rings. The second-order valence-corrected chi connectivity index (χ2v) is 7.15. The fourth-order valence-corrected chi connectivity index (χ4v) is 3.27. The van der Waals surface area contributed by atoms with Crippen LogP contribution in [0.2, 0.25) is 0 Å². The van der Waals surface area contributed by atoms with Crippen molar-refractivity contribution in [3.8, 4) is 0 Å². The predicted molar refractivity (Wildman–Crippen MR) is 100 cm³/mol. The van der Waals surface area contributed by atoms with E-state index in [9.17, 15) is 4.79 Å². The van der Waals surface area contributed by atoms with Gasteiger partial charge >= 0.3 is 0 Å². The van der Waals surface area contributed by atoms with E-state index in [1.54, 1.807) is 6.07 Å². The van der Waals surface area contributed by atoms with Gasteiger partial charge in [0.05, 0.1) is 0 Å². The molecule has 5 heteroatoms. The van der Waals surface area contributed by atoms with Crippen molar-refractivity contribution in [3.63, 3.8) is 0 Å². The summed E-state index contributed by atoms with van der Waals surface area (Å²) in [5.41, 5.74) is 2.91. The number of aromatic nitrogens is 2. The third-order valence-electron chi connectivity index (χ3n) is 4.52. The number of nitrogens with one attached hydrogen (secondary N) is 1. The first-order chi connectivity index (χ1) is 12.0. The smallest absolute Gasteiger partial charge is 0.270 e. The number of nitrogens with zero attached hydrogens (tertiary/aromatic N) is 3. The Kier molecular flexibility index (Phi) is 5.02. The highest BCUT2D eigenvalue weighted by atomic mass is 16.1. The molecule has 0 fully saturated rings. The average Bonchev–Trinajstić information content (AvgIpc) is 2.89. The molecule has 1 amide bonds. The fraction of sp³-hybridized carbons (Fsp3) is 0.450. The van der Waals surface area contributed by atoms with Crippen LogP contribution in [0.3, 0.4) is 0 Å². The van der Waals surface area contributed by atoms with Gasteiger partial charge in [-0.1, -0.05) is 32.0 Å². The molecule has 25 heavy (non-hydrogen) atoms. The van der Waals surface area contributed by atoms with Gasteiger partial charge < -0.3 is 10.2 Å². The van der Waals surface area contributed by atoms with Gasteiger partial charge in [0.15, 0.2) is 0 Å². The number of aryl methyl sites for hydroxylation is 1. The van der Waals surface area contributed by atoms with Crippen molar-refractivity contribution in [2.45, 2.75) is 46.6 Å². The van der Waals surface area contributed by atoms with E-state index in [1.807, 2.05) is 13.0 Å². The highest BCUT2D eigenvalue weighted by Crippen LogP contribution is 2.37. The largest absolute Gasteiger partial charge is 0.351 e. The predicted octanol–water partition coefficient (Wildman–Crippen LogP) is 3.64. The molecule has 2 aromatic rings. The third kappa shape index (κ3) is 3.81. The van der Waals surface area contributed by atoms with Crippen molar-refractivity contribution in [1.82, 2.24) is 15.3 Å². The molecule has 3 rings (SSSR count). The first-order valence-corrected chi connectivity index (χ1v) is 8.96. The number of benzene rings is 1. The number of rotatable bonds is 5. The lowest BCUT2D eigenvalue weighted by Gasteiger charge is -2.24. The Labute approximate surface area is 149 Å². The van der Waals surface area contributed by atoms with E-state index in [2.05, 4.69) is 59.2 Å². The molecule has 0 bridgehead atoms. The Bertz CT molecular complexity index is 772. The minimum absolute atomic E-state index is 0.132. The Morgan fingerprint density at radius 2 is 2.08 bits per heavy atom. The summed E-state index contributed by atoms with van der Waals surface area (Å²) in [5.74, 6) is 1.83. The summed E-state index contributed by atoms with van der Waals surface area (Å²) < 4.78 is 0. The van der Waals surface area contributed by atoms with Gasteiger partial charge in [-0.25, -0.2) is 9.97 Å². The summed E-state index contributed by atoms with van der Waals surface area (Å²) in [4.78, 5) is 23.6. The molecule has 1 aromatic carbocycles. The SMILES string of the molecule is Cc1nc(C(=O)NCCC(C)C)cc(N2c3ccccc3CC2C)n1. The molecule has 0 radical (unpaired) electrons. The van der Waals surface area contributed by atoms with E-state index in [1.165, 1.54) is 11.3 Å². The average molecular weight is 338 g/mol. The first kappa shape index (κ1) is 17.4. The maximum absolute atomic E-state index is 12.5. The first-order valence-electron chi connectivity index (χ1n) is 8.96. The Morgan fingerprint density at radius 1 is 1.32 bits per heavy atom. The molecule has 0 saturated carbocycles. The zero-order chi connectivity index (χ0) is 18.0. The monoisotopic (exact) mass is 338 g/mol. The fourth-order valence-electron chi connectivity index (χ4n) is 3.27. The summed E-state index contributed by atoms with van der Waals surface area (Å²) in [5, 5.41) is 2.96. The molecular weight excluding hydrogens is 312 g/mol. The molecule has 1 aromatic heterocycles. The third-order valence-corrected chi connectivity index (χ3v) is 4.52. The highest BCUT2D eigenvalue weighted by Gasteiger charge is 2.28. The summed E-state index contributed by atoms with van der Waals surface area (Å²) in [6, 6.07) is 10.5. The number of carbonyl (C=O) groups is 1. The van der Waals surface area contributed by atoms with Crippen molar-refractivity contribution < 1.29 is 4.79 Å². The molecule has 132 valence electrons. The lowest BCUT2D eigenvalue weighted by molar-refractivity contribution is 0.0946. The molecule has 1 N–H and O–H groups in total. The van der Waals surface area contributed by atoms with Crippen molar-refractivity contribution in [2.75, 3.05) is 11.4 Å². The summed E-state index contributed by atoms with van der Waals surface area (Å²) in [7, 11) is 0. The molecule has 1 unspecified atom stereocenters. The van der Waals surface area contributed by atoms with Crippen molar-refractivity contribution >= 4 is 17.4 Å². The van der Waals surface area contributed by atoms with Gasteiger partial charge in [0.1, 0.15) is 17.3 Å². The van der Waals surface area contributed by atoms with Crippen molar-refractivity contribution in [1.29, 1.82) is 0 Å². The number of amides is 1. The van der Waals surface area contributed by atoms with Gasteiger partial charge in [0.2, 0.25) is 0 Å². The minimum Gasteiger partial charge on any atom is -0.351 e. The maximum Gasteiger partial charge on any atom is 0.270 e. The van der Waals surface area contributed by atoms with Gasteiger partial charge in [0, 0.05) is 24.3 Å². The second-order valence-electron chi connectivity index (χ2n) is 7.15. The van der Waals surface area contributed by atoms with E-state index >= 15 is 0 Å². The Hall–Kier alpha value is -2.43. The van der Waals surface area contributed by atoms with Gasteiger partial charge in [-0.05, 0) is 44.2 Å². The van der Waals surface area contributed by atoms with Crippen LogP contribution in [0.5, 0.6) is 0 Å². The molecule has 0 aliphatic carbocycles. The Balaban J connectivity index is 1.86. The van der Waals surface area contributed by atoms with Crippen LogP contribution in [0, 0.1) is 12.8 Å². The van der Waals surface area contributed by atoms with Crippen molar-refractivity contribution in [2.24, 2.45) is 5.92 Å². The summed E-state index contributed by atoms with van der Waals surface area (Å²) >= 11 is 0. The Morgan fingerprint density at radius 3 is 2.84 bits per heavy atom. The molecule has 1 aliphatic heterocycles. The van der Waals surface area contributed by atoms with Crippen LogP contribution < -0.4 is 10.2 Å². The molecule has 1 atom stereocenters. The van der Waals surface area contributed by atoms with Crippen LogP contribution in [0.15, 0.2) is 30.3 Å². The molecule has 2 heterocycles. The zero-order valence-corrected chi connectivity index (χ0v) is 15.4.